The Kier molecular flexibility index (Phi) is 5.44. The normalized spacial score (nSPS) is 13.5. The molecule has 0 amide bonds. The van der Waals surface area contributed by atoms with Crippen molar-refractivity contribution in [3.05, 3.63) is 0 Å². The zero-order valence-corrected chi connectivity index (χ0v) is 10.2. The third-order valence-corrected chi connectivity index (χ3v) is 4.54. The Balaban J connectivity index is 3.61. The van der Waals surface area contributed by atoms with Gasteiger partial charge in [0.25, 0.3) is 11.7 Å². The summed E-state index contributed by atoms with van der Waals surface area (Å²) in [5.74, 6) is -6.09. The van der Waals surface area contributed by atoms with Crippen molar-refractivity contribution in [2.24, 2.45) is 0 Å². The van der Waals surface area contributed by atoms with Crippen LogP contribution in [0.3, 0.4) is 0 Å². The van der Waals surface area contributed by atoms with Crippen LogP contribution in [0, 0.1) is 0 Å². The van der Waals surface area contributed by atoms with Gasteiger partial charge in [-0.25, -0.2) is 0 Å². The van der Waals surface area contributed by atoms with Gasteiger partial charge in [-0.1, -0.05) is 0 Å². The van der Waals surface area contributed by atoms with Gasteiger partial charge in [0, 0.05) is 12.3 Å². The van der Waals surface area contributed by atoms with Crippen molar-refractivity contribution in [3.63, 3.8) is 0 Å². The molecule has 0 unspecified atom stereocenters. The Labute approximate surface area is 84.4 Å². The summed E-state index contributed by atoms with van der Waals surface area (Å²) in [4.78, 5) is 0. The molecule has 0 fully saturated rings. The summed E-state index contributed by atoms with van der Waals surface area (Å²) in [5.41, 5.74) is 0. The first-order chi connectivity index (χ1) is 4.71. The molecule has 8 heteroatoms. The monoisotopic (exact) mass is 276 g/mol. The van der Waals surface area contributed by atoms with E-state index in [2.05, 4.69) is 0 Å². The van der Waals surface area contributed by atoms with Crippen LogP contribution >= 0.6 is 56.7 Å². The second kappa shape index (κ2) is 4.74. The fraction of sp³-hybridized carbons (Fsp3) is 1.00. The van der Waals surface area contributed by atoms with Crippen LogP contribution in [0.5, 0.6) is 0 Å². The van der Waals surface area contributed by atoms with Crippen molar-refractivity contribution in [1.29, 1.82) is 0 Å². The third-order valence-electron chi connectivity index (χ3n) is 0.837. The zero-order valence-electron chi connectivity index (χ0n) is 5.34. The molecule has 68 valence electrons. The predicted octanol–water partition coefficient (Wildman–Crippen LogP) is 4.72. The molecule has 0 saturated heterocycles. The van der Waals surface area contributed by atoms with E-state index >= 15 is 0 Å². The average Bonchev–Trinajstić information content (AvgIpc) is 1.55. The van der Waals surface area contributed by atoms with E-state index in [1.54, 1.807) is 0 Å². The lowest BCUT2D eigenvalue weighted by Gasteiger charge is -2.01. The fourth-order valence-electron chi connectivity index (χ4n) is 0.439. The van der Waals surface area contributed by atoms with E-state index in [4.69, 9.17) is 45.0 Å². The van der Waals surface area contributed by atoms with Gasteiger partial charge in [0.05, 0.1) is 0 Å². The highest BCUT2D eigenvalue weighted by Crippen LogP contribution is 2.60. The van der Waals surface area contributed by atoms with Crippen molar-refractivity contribution in [3.8, 4) is 0 Å². The molecule has 0 aromatic rings. The molecule has 0 aromatic carbocycles. The fourth-order valence-corrected chi connectivity index (χ4v) is 3.18. The average molecular weight is 278 g/mol. The van der Waals surface area contributed by atoms with Crippen LogP contribution in [0.2, 0.25) is 0 Å². The van der Waals surface area contributed by atoms with E-state index in [1.807, 2.05) is 0 Å². The smallest absolute Gasteiger partial charge is 0.253 e. The topological polar surface area (TPSA) is 34.1 Å². The Morgan fingerprint density at radius 1 is 0.818 bits per heavy atom. The molecule has 2 nitrogen and oxygen atoms in total. The standard InChI is InChI=1S/C3H6Cl4O2P2/c4-10(5,8)2-1-3-11(6,7)9/h1-3H2. The zero-order chi connectivity index (χ0) is 9.12. The van der Waals surface area contributed by atoms with E-state index in [0.717, 1.165) is 0 Å². The first-order valence-corrected chi connectivity index (χ1v) is 10.1. The summed E-state index contributed by atoms with van der Waals surface area (Å²) in [6.07, 6.45) is 0.508. The first-order valence-electron chi connectivity index (χ1n) is 2.67. The van der Waals surface area contributed by atoms with Gasteiger partial charge in [-0.2, -0.15) is 0 Å². The summed E-state index contributed by atoms with van der Waals surface area (Å²) >= 11 is 20.8. The largest absolute Gasteiger partial charge is 0.289 e. The highest BCUT2D eigenvalue weighted by Gasteiger charge is 2.18. The summed E-state index contributed by atoms with van der Waals surface area (Å²) < 4.78 is 21.3. The Morgan fingerprint density at radius 3 is 1.27 bits per heavy atom. The molecule has 0 aliphatic carbocycles. The quantitative estimate of drug-likeness (QED) is 0.697. The van der Waals surface area contributed by atoms with Gasteiger partial charge in [-0.3, -0.25) is 9.13 Å². The minimum atomic E-state index is -3.05. The molecular weight excluding hydrogens is 272 g/mol. The third kappa shape index (κ3) is 11.6. The maximum Gasteiger partial charge on any atom is 0.253 e. The van der Waals surface area contributed by atoms with Gasteiger partial charge in [0.15, 0.2) is 0 Å². The second-order valence-electron chi connectivity index (χ2n) is 1.94. The molecular formula is C3H6Cl4O2P2. The minimum absolute atomic E-state index is 0.0968. The lowest BCUT2D eigenvalue weighted by atomic mass is 10.6. The van der Waals surface area contributed by atoms with Crippen molar-refractivity contribution in [1.82, 2.24) is 0 Å². The Hall–Kier alpha value is 1.62. The predicted molar refractivity (Wildman–Crippen MR) is 53.0 cm³/mol. The Bertz CT molecular complexity index is 183. The van der Waals surface area contributed by atoms with Crippen LogP contribution < -0.4 is 0 Å². The maximum atomic E-state index is 10.7. The van der Waals surface area contributed by atoms with Gasteiger partial charge in [0.1, 0.15) is 0 Å². The van der Waals surface area contributed by atoms with Crippen molar-refractivity contribution < 1.29 is 9.13 Å². The van der Waals surface area contributed by atoms with Crippen LogP contribution in [-0.4, -0.2) is 12.3 Å². The van der Waals surface area contributed by atoms with E-state index in [9.17, 15) is 9.13 Å². The summed E-state index contributed by atoms with van der Waals surface area (Å²) in [6, 6.07) is 0. The van der Waals surface area contributed by atoms with Crippen molar-refractivity contribution in [2.75, 3.05) is 12.3 Å². The van der Waals surface area contributed by atoms with E-state index in [0.29, 0.717) is 6.42 Å². The Morgan fingerprint density at radius 2 is 1.09 bits per heavy atom. The van der Waals surface area contributed by atoms with Crippen LogP contribution in [0.1, 0.15) is 6.42 Å². The van der Waals surface area contributed by atoms with Gasteiger partial charge >= 0.3 is 0 Å². The lowest BCUT2D eigenvalue weighted by Crippen LogP contribution is -1.83. The molecule has 0 bridgehead atoms. The highest BCUT2D eigenvalue weighted by molar-refractivity contribution is 8.09. The van der Waals surface area contributed by atoms with Gasteiger partial charge in [0.2, 0.25) is 0 Å². The number of rotatable bonds is 4. The van der Waals surface area contributed by atoms with Gasteiger partial charge < -0.3 is 0 Å². The summed E-state index contributed by atoms with van der Waals surface area (Å²) in [5, 5.41) is 0. The maximum absolute atomic E-state index is 10.7. The van der Waals surface area contributed by atoms with Crippen LogP contribution in [0.15, 0.2) is 0 Å². The molecule has 0 aromatic heterocycles. The molecule has 0 N–H and O–H groups in total. The molecule has 11 heavy (non-hydrogen) atoms. The summed E-state index contributed by atoms with van der Waals surface area (Å²) in [7, 11) is 0. The second-order valence-corrected chi connectivity index (χ2v) is 12.7. The molecule has 0 heterocycles. The molecule has 0 aliphatic heterocycles. The lowest BCUT2D eigenvalue weighted by molar-refractivity contribution is 0.589. The molecule has 0 atom stereocenters. The van der Waals surface area contributed by atoms with Gasteiger partial charge in [-0.05, 0) is 51.4 Å². The molecule has 0 radical (unpaired) electrons. The number of hydrogen-bond acceptors (Lipinski definition) is 2. The molecule has 0 saturated carbocycles. The van der Waals surface area contributed by atoms with Gasteiger partial charge in [-0.15, -0.1) is 0 Å². The SMILES string of the molecule is O=P(Cl)(Cl)CCCP(=O)(Cl)Cl. The molecule has 0 aliphatic rings. The van der Waals surface area contributed by atoms with E-state index in [-0.39, 0.29) is 12.3 Å². The van der Waals surface area contributed by atoms with Crippen molar-refractivity contribution in [2.45, 2.75) is 6.42 Å². The highest BCUT2D eigenvalue weighted by atomic mass is 35.9. The van der Waals surface area contributed by atoms with Crippen LogP contribution in [0.4, 0.5) is 0 Å². The molecule has 0 rings (SSSR count). The van der Waals surface area contributed by atoms with E-state index < -0.39 is 11.7 Å². The minimum Gasteiger partial charge on any atom is -0.289 e. The summed E-state index contributed by atoms with van der Waals surface area (Å²) in [6.45, 7) is 0. The van der Waals surface area contributed by atoms with Crippen molar-refractivity contribution >= 4 is 56.7 Å². The van der Waals surface area contributed by atoms with Crippen LogP contribution in [-0.2, 0) is 9.13 Å². The number of hydrogen-bond donors (Lipinski definition) is 0. The first kappa shape index (κ1) is 12.6. The van der Waals surface area contributed by atoms with Crippen LogP contribution in [0.25, 0.3) is 0 Å². The molecule has 0 spiro atoms. The number of halogens is 4. The van der Waals surface area contributed by atoms with E-state index in [1.165, 1.54) is 0 Å².